The monoisotopic (exact) mass is 516 g/mol. The summed E-state index contributed by atoms with van der Waals surface area (Å²) in [7, 11) is 1.50. The van der Waals surface area contributed by atoms with Gasteiger partial charge in [-0.15, -0.1) is 0 Å². The van der Waals surface area contributed by atoms with Crippen LogP contribution >= 0.6 is 11.6 Å². The topological polar surface area (TPSA) is 108 Å². The molecule has 0 aliphatic heterocycles. The minimum atomic E-state index is -0.846. The number of pyridine rings is 1. The normalized spacial score (nSPS) is 14.3. The van der Waals surface area contributed by atoms with Crippen molar-refractivity contribution < 1.29 is 18.4 Å². The van der Waals surface area contributed by atoms with Crippen molar-refractivity contribution in [3.63, 3.8) is 0 Å². The van der Waals surface area contributed by atoms with Crippen molar-refractivity contribution in [2.45, 2.75) is 31.2 Å². The van der Waals surface area contributed by atoms with Gasteiger partial charge in [-0.05, 0) is 73.7 Å². The van der Waals surface area contributed by atoms with Gasteiger partial charge in [0.25, 0.3) is 11.8 Å². The van der Waals surface area contributed by atoms with Gasteiger partial charge in [-0.25, -0.2) is 9.37 Å². The lowest BCUT2D eigenvalue weighted by atomic mass is 9.98. The van der Waals surface area contributed by atoms with Crippen LogP contribution in [-0.4, -0.2) is 29.4 Å². The second-order valence-electron chi connectivity index (χ2n) is 9.01. The predicted molar refractivity (Wildman–Crippen MR) is 138 cm³/mol. The van der Waals surface area contributed by atoms with Crippen LogP contribution in [0, 0.1) is 17.1 Å². The molecule has 0 radical (unpaired) electrons. The highest BCUT2D eigenvalue weighted by molar-refractivity contribution is 6.32. The zero-order chi connectivity index (χ0) is 26.2. The van der Waals surface area contributed by atoms with Gasteiger partial charge in [0.1, 0.15) is 22.3 Å². The van der Waals surface area contributed by atoms with Gasteiger partial charge < -0.3 is 15.1 Å². The lowest BCUT2D eigenvalue weighted by Crippen LogP contribution is -2.45. The molecule has 5 rings (SSSR count). The molecule has 2 amide bonds. The molecular weight excluding hydrogens is 495 g/mol. The zero-order valence-electron chi connectivity index (χ0n) is 19.9. The molecule has 0 atom stereocenters. The maximum atomic E-state index is 13.5. The van der Waals surface area contributed by atoms with Crippen molar-refractivity contribution in [2.75, 3.05) is 7.05 Å². The summed E-state index contributed by atoms with van der Waals surface area (Å²) in [6, 6.07) is 16.4. The minimum Gasteiger partial charge on any atom is -0.437 e. The Morgan fingerprint density at radius 2 is 1.81 bits per heavy atom. The molecule has 186 valence electrons. The van der Waals surface area contributed by atoms with Crippen LogP contribution in [-0.2, 0) is 0 Å². The number of amides is 2. The Morgan fingerprint density at radius 3 is 2.49 bits per heavy atom. The SMILES string of the molecule is CNC(=O)c1c(-c2ccc(F)cc2)oc2nc(Cl)c(-c3cccc(C(=O)NC4(C#N)CCCC4)c3)cc12. The van der Waals surface area contributed by atoms with Crippen LogP contribution in [0.2, 0.25) is 5.15 Å². The van der Waals surface area contributed by atoms with Crippen LogP contribution < -0.4 is 10.6 Å². The van der Waals surface area contributed by atoms with Crippen LogP contribution in [0.25, 0.3) is 33.6 Å². The number of halogens is 2. The van der Waals surface area contributed by atoms with E-state index in [9.17, 15) is 19.2 Å². The molecule has 4 aromatic rings. The molecule has 0 unspecified atom stereocenters. The highest BCUT2D eigenvalue weighted by atomic mass is 35.5. The van der Waals surface area contributed by atoms with Gasteiger partial charge in [0, 0.05) is 23.7 Å². The van der Waals surface area contributed by atoms with Crippen LogP contribution in [0.3, 0.4) is 0 Å². The average Bonchev–Trinajstić information content (AvgIpc) is 3.53. The van der Waals surface area contributed by atoms with Gasteiger partial charge in [0.2, 0.25) is 5.71 Å². The number of rotatable bonds is 5. The number of aromatic nitrogens is 1. The fourth-order valence-electron chi connectivity index (χ4n) is 4.72. The molecule has 0 spiro atoms. The van der Waals surface area contributed by atoms with E-state index in [0.717, 1.165) is 12.8 Å². The van der Waals surface area contributed by atoms with E-state index < -0.39 is 17.3 Å². The Bertz CT molecular complexity index is 1570. The maximum Gasteiger partial charge on any atom is 0.255 e. The number of nitrogens with one attached hydrogen (secondary N) is 2. The number of nitriles is 1. The quantitative estimate of drug-likeness (QED) is 0.322. The van der Waals surface area contributed by atoms with E-state index in [2.05, 4.69) is 21.7 Å². The maximum absolute atomic E-state index is 13.5. The van der Waals surface area contributed by atoms with Gasteiger partial charge >= 0.3 is 0 Å². The average molecular weight is 517 g/mol. The molecular formula is C28H22ClFN4O3. The molecule has 1 fully saturated rings. The highest BCUT2D eigenvalue weighted by Crippen LogP contribution is 2.38. The third kappa shape index (κ3) is 4.54. The van der Waals surface area contributed by atoms with Crippen molar-refractivity contribution in [1.82, 2.24) is 15.6 Å². The summed E-state index contributed by atoms with van der Waals surface area (Å²) < 4.78 is 19.4. The lowest BCUT2D eigenvalue weighted by molar-refractivity contribution is 0.0919. The number of benzene rings is 2. The number of hydrogen-bond acceptors (Lipinski definition) is 5. The number of carbonyl (C=O) groups excluding carboxylic acids is 2. The Kier molecular flexibility index (Phi) is 6.40. The van der Waals surface area contributed by atoms with E-state index in [1.165, 1.54) is 31.3 Å². The van der Waals surface area contributed by atoms with Gasteiger partial charge in [0.05, 0.1) is 17.0 Å². The highest BCUT2D eigenvalue weighted by Gasteiger charge is 2.35. The fourth-order valence-corrected chi connectivity index (χ4v) is 4.96. The number of furan rings is 1. The first kappa shape index (κ1) is 24.5. The molecule has 1 aliphatic carbocycles. The third-order valence-electron chi connectivity index (χ3n) is 6.66. The number of hydrogen-bond donors (Lipinski definition) is 2. The summed E-state index contributed by atoms with van der Waals surface area (Å²) in [5.74, 6) is -0.924. The second-order valence-corrected chi connectivity index (χ2v) is 9.37. The van der Waals surface area contributed by atoms with Gasteiger partial charge in [-0.2, -0.15) is 5.26 Å². The summed E-state index contributed by atoms with van der Waals surface area (Å²) >= 11 is 6.53. The molecule has 2 aromatic heterocycles. The van der Waals surface area contributed by atoms with Crippen molar-refractivity contribution in [3.05, 3.63) is 76.7 Å². The Labute approximate surface area is 217 Å². The summed E-state index contributed by atoms with van der Waals surface area (Å²) in [4.78, 5) is 30.2. The number of nitrogens with zero attached hydrogens (tertiary/aromatic N) is 2. The number of carbonyl (C=O) groups is 2. The molecule has 37 heavy (non-hydrogen) atoms. The Balaban J connectivity index is 1.58. The van der Waals surface area contributed by atoms with Gasteiger partial charge in [0.15, 0.2) is 0 Å². The molecule has 1 saturated carbocycles. The summed E-state index contributed by atoms with van der Waals surface area (Å²) in [6.07, 6.45) is 3.04. The molecule has 2 heterocycles. The van der Waals surface area contributed by atoms with Crippen LogP contribution in [0.5, 0.6) is 0 Å². The van der Waals surface area contributed by atoms with E-state index >= 15 is 0 Å². The first-order valence-corrected chi connectivity index (χ1v) is 12.2. The van der Waals surface area contributed by atoms with Gasteiger partial charge in [-0.1, -0.05) is 23.7 Å². The molecule has 7 nitrogen and oxygen atoms in total. The number of fused-ring (bicyclic) bond motifs is 1. The van der Waals surface area contributed by atoms with Crippen LogP contribution in [0.4, 0.5) is 4.39 Å². The van der Waals surface area contributed by atoms with Crippen LogP contribution in [0.15, 0.2) is 59.0 Å². The molecule has 2 N–H and O–H groups in total. The fraction of sp³-hybridized carbons (Fsp3) is 0.214. The second kappa shape index (κ2) is 9.68. The zero-order valence-corrected chi connectivity index (χ0v) is 20.7. The Hall–Kier alpha value is -4.22. The van der Waals surface area contributed by atoms with Crippen molar-refractivity contribution in [1.29, 1.82) is 5.26 Å². The smallest absolute Gasteiger partial charge is 0.255 e. The van der Waals surface area contributed by atoms with Crippen molar-refractivity contribution in [3.8, 4) is 28.5 Å². The molecule has 0 bridgehead atoms. The van der Waals surface area contributed by atoms with Crippen LogP contribution in [0.1, 0.15) is 46.4 Å². The standard InChI is InChI=1S/C28H22ClFN4O3/c1-32-26(36)22-21-14-20(24(29)33-27(21)37-23(22)16-7-9-19(30)10-8-16)17-5-4-6-18(13-17)25(35)34-28(15-31)11-2-3-12-28/h4-10,13-14H,2-3,11-12H2,1H3,(H,32,36)(H,34,35). The van der Waals surface area contributed by atoms with E-state index in [-0.39, 0.29) is 28.1 Å². The van der Waals surface area contributed by atoms with Crippen molar-refractivity contribution in [2.24, 2.45) is 0 Å². The molecule has 0 saturated heterocycles. The summed E-state index contributed by atoms with van der Waals surface area (Å²) in [5, 5.41) is 15.7. The third-order valence-corrected chi connectivity index (χ3v) is 6.94. The van der Waals surface area contributed by atoms with E-state index in [0.29, 0.717) is 40.5 Å². The van der Waals surface area contributed by atoms with E-state index in [1.807, 2.05) is 0 Å². The van der Waals surface area contributed by atoms with Crippen molar-refractivity contribution >= 4 is 34.5 Å². The first-order valence-electron chi connectivity index (χ1n) is 11.8. The Morgan fingerprint density at radius 1 is 1.08 bits per heavy atom. The molecule has 9 heteroatoms. The summed E-state index contributed by atoms with van der Waals surface area (Å²) in [5.41, 5.74) is 1.53. The minimum absolute atomic E-state index is 0.122. The molecule has 2 aromatic carbocycles. The van der Waals surface area contributed by atoms with Gasteiger partial charge in [-0.3, -0.25) is 9.59 Å². The lowest BCUT2D eigenvalue weighted by Gasteiger charge is -2.22. The van der Waals surface area contributed by atoms with E-state index in [4.69, 9.17) is 16.0 Å². The first-order chi connectivity index (χ1) is 17.8. The predicted octanol–water partition coefficient (Wildman–Crippen LogP) is 5.88. The van der Waals surface area contributed by atoms with E-state index in [1.54, 1.807) is 30.3 Å². The molecule has 1 aliphatic rings. The largest absolute Gasteiger partial charge is 0.437 e. The summed E-state index contributed by atoms with van der Waals surface area (Å²) in [6.45, 7) is 0.